The molecule has 2 aliphatic heterocycles. The van der Waals surface area contributed by atoms with E-state index in [1.165, 1.54) is 9.80 Å². The minimum atomic E-state index is -0.347. The zero-order valence-corrected chi connectivity index (χ0v) is 20.6. The van der Waals surface area contributed by atoms with Crippen LogP contribution < -0.4 is 0 Å². The molecule has 2 aromatic carbocycles. The average molecular weight is 463 g/mol. The normalized spacial score (nSPS) is 17.1. The first-order chi connectivity index (χ1) is 16.3. The predicted molar refractivity (Wildman–Crippen MR) is 132 cm³/mol. The summed E-state index contributed by atoms with van der Waals surface area (Å²) in [4.78, 5) is 56.4. The standard InChI is InChI=1S/C28H34N2O4/c1-5-7-9-11-17(3)29-25(31)19-13-15-21-24-22(16-14-20(23(19)24)26(29)32)28(34)30(27(21)33)18(4)12-10-8-6-2/h13-18H,5-12H2,1-4H3/t17-,18-/m1/s1. The van der Waals surface area contributed by atoms with E-state index in [9.17, 15) is 19.2 Å². The first kappa shape index (κ1) is 24.1. The van der Waals surface area contributed by atoms with Crippen molar-refractivity contribution in [1.82, 2.24) is 9.80 Å². The van der Waals surface area contributed by atoms with Gasteiger partial charge in [0.2, 0.25) is 0 Å². The zero-order chi connectivity index (χ0) is 24.6. The average Bonchev–Trinajstić information content (AvgIpc) is 2.81. The Morgan fingerprint density at radius 1 is 0.559 bits per heavy atom. The Balaban J connectivity index is 1.75. The molecule has 6 nitrogen and oxygen atoms in total. The van der Waals surface area contributed by atoms with Gasteiger partial charge in [-0.3, -0.25) is 29.0 Å². The molecule has 2 aromatic rings. The van der Waals surface area contributed by atoms with E-state index in [0.717, 1.165) is 51.4 Å². The number of benzene rings is 2. The number of hydrogen-bond donors (Lipinski definition) is 0. The lowest BCUT2D eigenvalue weighted by molar-refractivity contribution is 0.0520. The van der Waals surface area contributed by atoms with Crippen LogP contribution in [-0.2, 0) is 0 Å². The third-order valence-electron chi connectivity index (χ3n) is 7.29. The second-order valence-corrected chi connectivity index (χ2v) is 9.72. The lowest BCUT2D eigenvalue weighted by Crippen LogP contribution is -2.48. The third-order valence-corrected chi connectivity index (χ3v) is 7.29. The van der Waals surface area contributed by atoms with Crippen molar-refractivity contribution in [2.45, 2.75) is 91.1 Å². The SMILES string of the molecule is CCCCC[C@@H](C)N1C(=O)c2ccc3c4c(ccc(c24)C1=O)C(=O)N([C@H](C)CCCCC)C3=O. The van der Waals surface area contributed by atoms with Gasteiger partial charge in [0.25, 0.3) is 23.6 Å². The molecule has 0 saturated heterocycles. The second kappa shape index (κ2) is 9.69. The summed E-state index contributed by atoms with van der Waals surface area (Å²) < 4.78 is 0. The molecule has 0 radical (unpaired) electrons. The molecule has 180 valence electrons. The van der Waals surface area contributed by atoms with Crippen molar-refractivity contribution in [3.63, 3.8) is 0 Å². The van der Waals surface area contributed by atoms with E-state index in [0.29, 0.717) is 33.0 Å². The van der Waals surface area contributed by atoms with Gasteiger partial charge in [0.05, 0.1) is 0 Å². The predicted octanol–water partition coefficient (Wildman–Crippen LogP) is 5.97. The van der Waals surface area contributed by atoms with E-state index in [1.54, 1.807) is 24.3 Å². The first-order valence-corrected chi connectivity index (χ1v) is 12.7. The molecule has 4 rings (SSSR count). The summed E-state index contributed by atoms with van der Waals surface area (Å²) in [5.74, 6) is -1.39. The van der Waals surface area contributed by atoms with Crippen molar-refractivity contribution in [1.29, 1.82) is 0 Å². The van der Waals surface area contributed by atoms with Gasteiger partial charge in [-0.25, -0.2) is 0 Å². The summed E-state index contributed by atoms with van der Waals surface area (Å²) >= 11 is 0. The Morgan fingerprint density at radius 2 is 0.853 bits per heavy atom. The lowest BCUT2D eigenvalue weighted by atomic mass is 9.85. The Kier molecular flexibility index (Phi) is 6.87. The number of unbranched alkanes of at least 4 members (excludes halogenated alkanes) is 4. The number of hydrogen-bond acceptors (Lipinski definition) is 4. The van der Waals surface area contributed by atoms with Crippen molar-refractivity contribution >= 4 is 34.4 Å². The molecular formula is C28H34N2O4. The molecular weight excluding hydrogens is 428 g/mol. The minimum Gasteiger partial charge on any atom is -0.272 e. The van der Waals surface area contributed by atoms with Gasteiger partial charge < -0.3 is 0 Å². The summed E-state index contributed by atoms with van der Waals surface area (Å²) in [7, 11) is 0. The Hall–Kier alpha value is -3.02. The highest BCUT2D eigenvalue weighted by atomic mass is 16.2. The minimum absolute atomic E-state index is 0.218. The van der Waals surface area contributed by atoms with E-state index in [2.05, 4.69) is 13.8 Å². The van der Waals surface area contributed by atoms with Crippen LogP contribution in [0.5, 0.6) is 0 Å². The summed E-state index contributed by atoms with van der Waals surface area (Å²) in [6.07, 6.45) is 7.64. The fraction of sp³-hybridized carbons (Fsp3) is 0.500. The quantitative estimate of drug-likeness (QED) is 0.322. The molecule has 0 aromatic heterocycles. The van der Waals surface area contributed by atoms with E-state index < -0.39 is 0 Å². The van der Waals surface area contributed by atoms with Crippen molar-refractivity contribution in [2.75, 3.05) is 0 Å². The van der Waals surface area contributed by atoms with Gasteiger partial charge in [-0.05, 0) is 51.0 Å². The molecule has 34 heavy (non-hydrogen) atoms. The highest BCUT2D eigenvalue weighted by Gasteiger charge is 2.41. The highest BCUT2D eigenvalue weighted by molar-refractivity contribution is 6.33. The van der Waals surface area contributed by atoms with E-state index in [-0.39, 0.29) is 35.7 Å². The van der Waals surface area contributed by atoms with Gasteiger partial charge in [-0.15, -0.1) is 0 Å². The van der Waals surface area contributed by atoms with Gasteiger partial charge in [0.15, 0.2) is 0 Å². The smallest absolute Gasteiger partial charge is 0.261 e. The zero-order valence-electron chi connectivity index (χ0n) is 20.6. The highest BCUT2D eigenvalue weighted by Crippen LogP contribution is 2.39. The van der Waals surface area contributed by atoms with E-state index >= 15 is 0 Å². The fourth-order valence-corrected chi connectivity index (χ4v) is 5.35. The van der Waals surface area contributed by atoms with Gasteiger partial charge in [-0.2, -0.15) is 0 Å². The van der Waals surface area contributed by atoms with E-state index in [1.807, 2.05) is 13.8 Å². The van der Waals surface area contributed by atoms with Crippen LogP contribution in [0.1, 0.15) is 120 Å². The number of nitrogens with zero attached hydrogens (tertiary/aromatic N) is 2. The number of rotatable bonds is 10. The molecule has 0 fully saturated rings. The fourth-order valence-electron chi connectivity index (χ4n) is 5.35. The van der Waals surface area contributed by atoms with Gasteiger partial charge in [-0.1, -0.05) is 52.4 Å². The molecule has 0 unspecified atom stereocenters. The topological polar surface area (TPSA) is 74.8 Å². The Bertz CT molecular complexity index is 1010. The van der Waals surface area contributed by atoms with Crippen LogP contribution in [0.4, 0.5) is 0 Å². The maximum absolute atomic E-state index is 13.4. The number of imide groups is 2. The van der Waals surface area contributed by atoms with Gasteiger partial charge in [0, 0.05) is 45.1 Å². The third kappa shape index (κ3) is 3.83. The largest absolute Gasteiger partial charge is 0.272 e. The molecule has 2 heterocycles. The Morgan fingerprint density at radius 3 is 1.12 bits per heavy atom. The van der Waals surface area contributed by atoms with E-state index in [4.69, 9.17) is 0 Å². The summed E-state index contributed by atoms with van der Waals surface area (Å²) in [6, 6.07) is 6.17. The van der Waals surface area contributed by atoms with Crippen LogP contribution in [0.2, 0.25) is 0 Å². The summed E-state index contributed by atoms with van der Waals surface area (Å²) in [5, 5.41) is 0.893. The van der Waals surface area contributed by atoms with Crippen molar-refractivity contribution in [2.24, 2.45) is 0 Å². The van der Waals surface area contributed by atoms with Crippen molar-refractivity contribution < 1.29 is 19.2 Å². The van der Waals surface area contributed by atoms with Crippen LogP contribution in [0.25, 0.3) is 10.8 Å². The maximum atomic E-state index is 13.4. The van der Waals surface area contributed by atoms with Gasteiger partial charge in [0.1, 0.15) is 0 Å². The first-order valence-electron chi connectivity index (χ1n) is 12.7. The lowest BCUT2D eigenvalue weighted by Gasteiger charge is -2.35. The monoisotopic (exact) mass is 462 g/mol. The van der Waals surface area contributed by atoms with Crippen LogP contribution in [0, 0.1) is 0 Å². The van der Waals surface area contributed by atoms with Crippen LogP contribution >= 0.6 is 0 Å². The van der Waals surface area contributed by atoms with Crippen LogP contribution in [0.15, 0.2) is 24.3 Å². The molecule has 6 heteroatoms. The molecule has 2 aliphatic rings. The van der Waals surface area contributed by atoms with Crippen molar-refractivity contribution in [3.8, 4) is 0 Å². The molecule has 0 aliphatic carbocycles. The Labute approximate surface area is 201 Å². The summed E-state index contributed by atoms with van der Waals surface area (Å²) in [6.45, 7) is 8.05. The van der Waals surface area contributed by atoms with Crippen LogP contribution in [0.3, 0.4) is 0 Å². The number of carbonyl (C=O) groups is 4. The molecule has 4 amide bonds. The number of carbonyl (C=O) groups excluding carboxylic acids is 4. The molecule has 0 spiro atoms. The van der Waals surface area contributed by atoms with Crippen LogP contribution in [-0.4, -0.2) is 45.5 Å². The maximum Gasteiger partial charge on any atom is 0.261 e. The van der Waals surface area contributed by atoms with Crippen molar-refractivity contribution in [3.05, 3.63) is 46.5 Å². The van der Waals surface area contributed by atoms with Gasteiger partial charge >= 0.3 is 0 Å². The number of amides is 4. The molecule has 2 atom stereocenters. The molecule has 0 bridgehead atoms. The second-order valence-electron chi connectivity index (χ2n) is 9.72. The molecule has 0 N–H and O–H groups in total. The summed E-state index contributed by atoms with van der Waals surface area (Å²) in [5.41, 5.74) is 1.57. The molecule has 0 saturated carbocycles.